The van der Waals surface area contributed by atoms with Crippen molar-refractivity contribution in [1.82, 2.24) is 10.2 Å². The number of nitrogens with two attached hydrogens (primary N) is 1. The molecule has 17 heavy (non-hydrogen) atoms. The van der Waals surface area contributed by atoms with Crippen molar-refractivity contribution in [3.63, 3.8) is 0 Å². The van der Waals surface area contributed by atoms with Gasteiger partial charge in [-0.25, -0.2) is 0 Å². The van der Waals surface area contributed by atoms with Crippen molar-refractivity contribution in [3.05, 3.63) is 0 Å². The van der Waals surface area contributed by atoms with Crippen molar-refractivity contribution in [2.75, 3.05) is 13.1 Å². The maximum Gasteiger partial charge on any atom is 0.240 e. The Bertz CT molecular complexity index is 271. The molecule has 5 nitrogen and oxygen atoms in total. The first-order chi connectivity index (χ1) is 8.02. The Labute approximate surface area is 103 Å². The van der Waals surface area contributed by atoms with E-state index in [4.69, 9.17) is 5.73 Å². The minimum absolute atomic E-state index is 0.0000491. The number of hydrogen-bond acceptors (Lipinski definition) is 3. The van der Waals surface area contributed by atoms with Gasteiger partial charge in [0.15, 0.2) is 0 Å². The molecule has 0 radical (unpaired) electrons. The average molecular weight is 241 g/mol. The van der Waals surface area contributed by atoms with Crippen LogP contribution in [-0.4, -0.2) is 41.9 Å². The summed E-state index contributed by atoms with van der Waals surface area (Å²) in [5.74, 6) is -0.457. The highest BCUT2D eigenvalue weighted by Gasteiger charge is 2.27. The minimum atomic E-state index is -0.458. The summed E-state index contributed by atoms with van der Waals surface area (Å²) in [6.07, 6.45) is 4.18. The van der Waals surface area contributed by atoms with Crippen LogP contribution in [0.15, 0.2) is 0 Å². The Balaban J connectivity index is 2.65. The normalized spacial score (nSPS) is 21.0. The van der Waals surface area contributed by atoms with Crippen LogP contribution in [0.5, 0.6) is 0 Å². The van der Waals surface area contributed by atoms with Gasteiger partial charge < -0.3 is 16.0 Å². The minimum Gasteiger partial charge on any atom is -0.368 e. The van der Waals surface area contributed by atoms with Gasteiger partial charge in [-0.15, -0.1) is 0 Å². The molecule has 1 atom stereocenters. The van der Waals surface area contributed by atoms with Crippen molar-refractivity contribution < 1.29 is 9.59 Å². The number of rotatable bonds is 4. The van der Waals surface area contributed by atoms with Gasteiger partial charge in [-0.2, -0.15) is 0 Å². The van der Waals surface area contributed by atoms with E-state index in [0.29, 0.717) is 0 Å². The lowest BCUT2D eigenvalue weighted by Gasteiger charge is -2.29. The van der Waals surface area contributed by atoms with Crippen LogP contribution >= 0.6 is 0 Å². The molecule has 0 aromatic rings. The van der Waals surface area contributed by atoms with Crippen LogP contribution in [-0.2, 0) is 9.59 Å². The standard InChI is InChI=1S/C12H23N3O2/c1-9(2)15(8-11(13)16)12(17)10-6-4-3-5-7-14-10/h9-10,14H,3-8H2,1-2H3,(H2,13,16). The fraction of sp³-hybridized carbons (Fsp3) is 0.833. The van der Waals surface area contributed by atoms with E-state index in [0.717, 1.165) is 32.2 Å². The summed E-state index contributed by atoms with van der Waals surface area (Å²) in [6, 6.07) is -0.153. The molecule has 1 fully saturated rings. The SMILES string of the molecule is CC(C)N(CC(N)=O)C(=O)C1CCCCCN1. The predicted octanol–water partition coefficient (Wildman–Crippen LogP) is 0.241. The molecule has 0 saturated carbocycles. The molecule has 0 aliphatic carbocycles. The van der Waals surface area contributed by atoms with Gasteiger partial charge in [0.1, 0.15) is 0 Å². The summed E-state index contributed by atoms with van der Waals surface area (Å²) in [6.45, 7) is 4.68. The third-order valence-corrected chi connectivity index (χ3v) is 3.09. The first kappa shape index (κ1) is 14.0. The number of carbonyl (C=O) groups is 2. The monoisotopic (exact) mass is 241 g/mol. The summed E-state index contributed by atoms with van der Waals surface area (Å²) in [5, 5.41) is 3.25. The zero-order chi connectivity index (χ0) is 12.8. The molecule has 1 unspecified atom stereocenters. The Hall–Kier alpha value is -1.10. The second-order valence-electron chi connectivity index (χ2n) is 4.88. The van der Waals surface area contributed by atoms with Crippen LogP contribution in [0.2, 0.25) is 0 Å². The third kappa shape index (κ3) is 4.34. The Morgan fingerprint density at radius 1 is 1.35 bits per heavy atom. The Morgan fingerprint density at radius 3 is 2.65 bits per heavy atom. The predicted molar refractivity (Wildman–Crippen MR) is 66.3 cm³/mol. The molecule has 1 saturated heterocycles. The largest absolute Gasteiger partial charge is 0.368 e. The smallest absolute Gasteiger partial charge is 0.240 e. The van der Waals surface area contributed by atoms with Gasteiger partial charge in [-0.1, -0.05) is 12.8 Å². The van der Waals surface area contributed by atoms with Gasteiger partial charge in [-0.05, 0) is 33.2 Å². The van der Waals surface area contributed by atoms with Crippen LogP contribution < -0.4 is 11.1 Å². The molecule has 0 aromatic carbocycles. The number of primary amides is 1. The molecule has 1 rings (SSSR count). The Morgan fingerprint density at radius 2 is 2.06 bits per heavy atom. The molecular weight excluding hydrogens is 218 g/mol. The summed E-state index contributed by atoms with van der Waals surface area (Å²) >= 11 is 0. The van der Waals surface area contributed by atoms with Gasteiger partial charge in [0.05, 0.1) is 12.6 Å². The quantitative estimate of drug-likeness (QED) is 0.740. The first-order valence-corrected chi connectivity index (χ1v) is 6.34. The highest BCUT2D eigenvalue weighted by atomic mass is 16.2. The van der Waals surface area contributed by atoms with Crippen molar-refractivity contribution in [3.8, 4) is 0 Å². The number of hydrogen-bond donors (Lipinski definition) is 2. The molecule has 98 valence electrons. The van der Waals surface area contributed by atoms with Crippen molar-refractivity contribution in [1.29, 1.82) is 0 Å². The van der Waals surface area contributed by atoms with Crippen LogP contribution in [0.1, 0.15) is 39.5 Å². The van der Waals surface area contributed by atoms with E-state index in [9.17, 15) is 9.59 Å². The van der Waals surface area contributed by atoms with Crippen LogP contribution in [0.25, 0.3) is 0 Å². The van der Waals surface area contributed by atoms with E-state index >= 15 is 0 Å². The summed E-state index contributed by atoms with van der Waals surface area (Å²) in [5.41, 5.74) is 5.18. The summed E-state index contributed by atoms with van der Waals surface area (Å²) in [7, 11) is 0. The molecule has 3 N–H and O–H groups in total. The number of carbonyl (C=O) groups excluding carboxylic acids is 2. The van der Waals surface area contributed by atoms with Gasteiger partial charge in [0.25, 0.3) is 0 Å². The lowest BCUT2D eigenvalue weighted by atomic mass is 10.1. The molecule has 0 spiro atoms. The van der Waals surface area contributed by atoms with Crippen molar-refractivity contribution in [2.24, 2.45) is 5.73 Å². The highest BCUT2D eigenvalue weighted by molar-refractivity contribution is 5.87. The van der Waals surface area contributed by atoms with Gasteiger partial charge in [-0.3, -0.25) is 9.59 Å². The maximum atomic E-state index is 12.3. The lowest BCUT2D eigenvalue weighted by molar-refractivity contribution is -0.138. The summed E-state index contributed by atoms with van der Waals surface area (Å²) in [4.78, 5) is 24.8. The van der Waals surface area contributed by atoms with Crippen LogP contribution in [0.3, 0.4) is 0 Å². The van der Waals surface area contributed by atoms with Crippen LogP contribution in [0, 0.1) is 0 Å². The molecule has 0 bridgehead atoms. The third-order valence-electron chi connectivity index (χ3n) is 3.09. The van der Waals surface area contributed by atoms with E-state index in [2.05, 4.69) is 5.32 Å². The highest BCUT2D eigenvalue weighted by Crippen LogP contribution is 2.12. The average Bonchev–Trinajstić information content (AvgIpc) is 2.52. The van der Waals surface area contributed by atoms with Gasteiger partial charge >= 0.3 is 0 Å². The second-order valence-corrected chi connectivity index (χ2v) is 4.88. The van der Waals surface area contributed by atoms with E-state index < -0.39 is 5.91 Å². The van der Waals surface area contributed by atoms with E-state index in [1.54, 1.807) is 4.90 Å². The molecule has 0 aromatic heterocycles. The zero-order valence-electron chi connectivity index (χ0n) is 10.7. The molecular formula is C12H23N3O2. The number of nitrogens with zero attached hydrogens (tertiary/aromatic N) is 1. The fourth-order valence-corrected chi connectivity index (χ4v) is 2.12. The lowest BCUT2D eigenvalue weighted by Crippen LogP contribution is -2.51. The second kappa shape index (κ2) is 6.59. The molecule has 5 heteroatoms. The number of amides is 2. The van der Waals surface area contributed by atoms with E-state index in [-0.39, 0.29) is 24.5 Å². The molecule has 1 aliphatic heterocycles. The fourth-order valence-electron chi connectivity index (χ4n) is 2.12. The number of nitrogens with one attached hydrogen (secondary N) is 1. The molecule has 1 aliphatic rings. The topological polar surface area (TPSA) is 75.4 Å². The Kier molecular flexibility index (Phi) is 5.41. The van der Waals surface area contributed by atoms with Gasteiger partial charge in [0.2, 0.25) is 11.8 Å². The van der Waals surface area contributed by atoms with Crippen LogP contribution in [0.4, 0.5) is 0 Å². The van der Waals surface area contributed by atoms with Gasteiger partial charge in [0, 0.05) is 6.04 Å². The van der Waals surface area contributed by atoms with E-state index in [1.165, 1.54) is 0 Å². The zero-order valence-corrected chi connectivity index (χ0v) is 10.7. The first-order valence-electron chi connectivity index (χ1n) is 6.34. The summed E-state index contributed by atoms with van der Waals surface area (Å²) < 4.78 is 0. The van der Waals surface area contributed by atoms with Crippen molar-refractivity contribution >= 4 is 11.8 Å². The van der Waals surface area contributed by atoms with Crippen molar-refractivity contribution in [2.45, 2.75) is 51.6 Å². The maximum absolute atomic E-state index is 12.3. The molecule has 2 amide bonds. The van der Waals surface area contributed by atoms with E-state index in [1.807, 2.05) is 13.8 Å². The molecule has 1 heterocycles.